The van der Waals surface area contributed by atoms with E-state index in [2.05, 4.69) is 29.0 Å². The van der Waals surface area contributed by atoms with E-state index >= 15 is 0 Å². The standard InChI is InChI=1S/C14H14N4/c1-10-4-2-3-5-12(10)13-6-14-17-11(7-15)8-18(14)9-16-13/h2-6,8-9H,7,15H2,1H3. The molecule has 0 amide bonds. The van der Waals surface area contributed by atoms with E-state index in [-0.39, 0.29) is 0 Å². The zero-order valence-electron chi connectivity index (χ0n) is 10.2. The molecule has 0 unspecified atom stereocenters. The summed E-state index contributed by atoms with van der Waals surface area (Å²) in [6.07, 6.45) is 3.69. The number of nitrogens with two attached hydrogens (primary N) is 1. The first-order valence-electron chi connectivity index (χ1n) is 5.87. The number of fused-ring (bicyclic) bond motifs is 1. The number of rotatable bonds is 2. The predicted octanol–water partition coefficient (Wildman–Crippen LogP) is 2.16. The van der Waals surface area contributed by atoms with Gasteiger partial charge in [-0.1, -0.05) is 24.3 Å². The van der Waals surface area contributed by atoms with Gasteiger partial charge in [0.2, 0.25) is 0 Å². The minimum absolute atomic E-state index is 0.446. The summed E-state index contributed by atoms with van der Waals surface area (Å²) in [5.41, 5.74) is 10.6. The van der Waals surface area contributed by atoms with Crippen molar-refractivity contribution in [3.8, 4) is 11.3 Å². The van der Waals surface area contributed by atoms with Gasteiger partial charge in [0.15, 0.2) is 0 Å². The van der Waals surface area contributed by atoms with Crippen molar-refractivity contribution >= 4 is 5.65 Å². The summed E-state index contributed by atoms with van der Waals surface area (Å²) in [5, 5.41) is 0. The Morgan fingerprint density at radius 1 is 1.28 bits per heavy atom. The monoisotopic (exact) mass is 238 g/mol. The Kier molecular flexibility index (Phi) is 2.57. The highest BCUT2D eigenvalue weighted by Gasteiger charge is 2.06. The third kappa shape index (κ3) is 1.76. The number of benzene rings is 1. The molecular weight excluding hydrogens is 224 g/mol. The van der Waals surface area contributed by atoms with Gasteiger partial charge in [0, 0.05) is 24.4 Å². The SMILES string of the molecule is Cc1ccccc1-c1cc2nc(CN)cn2cn1. The molecule has 0 aliphatic heterocycles. The quantitative estimate of drug-likeness (QED) is 0.744. The molecule has 0 saturated heterocycles. The lowest BCUT2D eigenvalue weighted by Gasteiger charge is -2.04. The molecule has 4 heteroatoms. The normalized spacial score (nSPS) is 11.0. The molecule has 0 aliphatic carbocycles. The van der Waals surface area contributed by atoms with Crippen molar-refractivity contribution in [2.75, 3.05) is 0 Å². The van der Waals surface area contributed by atoms with Crippen molar-refractivity contribution in [3.05, 3.63) is 54.1 Å². The van der Waals surface area contributed by atoms with E-state index < -0.39 is 0 Å². The molecule has 3 aromatic rings. The van der Waals surface area contributed by atoms with E-state index in [1.54, 1.807) is 6.33 Å². The Hall–Kier alpha value is -2.20. The van der Waals surface area contributed by atoms with Crippen LogP contribution in [0, 0.1) is 6.92 Å². The Morgan fingerprint density at radius 3 is 2.89 bits per heavy atom. The van der Waals surface area contributed by atoms with E-state index in [9.17, 15) is 0 Å². The van der Waals surface area contributed by atoms with Crippen molar-refractivity contribution in [3.63, 3.8) is 0 Å². The molecule has 2 aromatic heterocycles. The van der Waals surface area contributed by atoms with Crippen LogP contribution in [0.15, 0.2) is 42.9 Å². The van der Waals surface area contributed by atoms with Gasteiger partial charge in [-0.15, -0.1) is 0 Å². The summed E-state index contributed by atoms with van der Waals surface area (Å²) < 4.78 is 1.89. The molecular formula is C14H14N4. The second kappa shape index (κ2) is 4.23. The van der Waals surface area contributed by atoms with Gasteiger partial charge >= 0.3 is 0 Å². The molecule has 90 valence electrons. The molecule has 1 aromatic carbocycles. The average molecular weight is 238 g/mol. The highest BCUT2D eigenvalue weighted by molar-refractivity contribution is 5.66. The Bertz CT molecular complexity index is 700. The number of nitrogens with zero attached hydrogens (tertiary/aromatic N) is 3. The van der Waals surface area contributed by atoms with Crippen LogP contribution < -0.4 is 5.73 Å². The molecule has 0 fully saturated rings. The van der Waals surface area contributed by atoms with Gasteiger partial charge in [-0.05, 0) is 12.5 Å². The number of hydrogen-bond donors (Lipinski definition) is 1. The minimum atomic E-state index is 0.446. The fourth-order valence-electron chi connectivity index (χ4n) is 2.05. The maximum atomic E-state index is 5.59. The predicted molar refractivity (Wildman–Crippen MR) is 71.1 cm³/mol. The average Bonchev–Trinajstić information content (AvgIpc) is 2.81. The summed E-state index contributed by atoms with van der Waals surface area (Å²) >= 11 is 0. The summed E-state index contributed by atoms with van der Waals surface area (Å²) in [4.78, 5) is 8.91. The van der Waals surface area contributed by atoms with Crippen LogP contribution in [0.2, 0.25) is 0 Å². The Balaban J connectivity index is 2.16. The van der Waals surface area contributed by atoms with Gasteiger partial charge in [0.25, 0.3) is 0 Å². The maximum Gasteiger partial charge on any atom is 0.140 e. The summed E-state index contributed by atoms with van der Waals surface area (Å²) in [5.74, 6) is 0. The van der Waals surface area contributed by atoms with E-state index in [1.165, 1.54) is 5.56 Å². The first-order valence-corrected chi connectivity index (χ1v) is 5.87. The first kappa shape index (κ1) is 10.9. The van der Waals surface area contributed by atoms with Crippen LogP contribution in [-0.4, -0.2) is 14.4 Å². The second-order valence-electron chi connectivity index (χ2n) is 4.29. The van der Waals surface area contributed by atoms with Gasteiger partial charge in [-0.2, -0.15) is 0 Å². The largest absolute Gasteiger partial charge is 0.325 e. The number of hydrogen-bond acceptors (Lipinski definition) is 3. The van der Waals surface area contributed by atoms with Gasteiger partial charge in [-0.3, -0.25) is 4.40 Å². The molecule has 3 rings (SSSR count). The highest BCUT2D eigenvalue weighted by Crippen LogP contribution is 2.21. The molecule has 0 aliphatic rings. The first-order chi connectivity index (χ1) is 8.78. The minimum Gasteiger partial charge on any atom is -0.325 e. The third-order valence-corrected chi connectivity index (χ3v) is 3.03. The molecule has 0 spiro atoms. The third-order valence-electron chi connectivity index (χ3n) is 3.03. The van der Waals surface area contributed by atoms with Crippen LogP contribution in [0.25, 0.3) is 16.9 Å². The van der Waals surface area contributed by atoms with E-state index in [4.69, 9.17) is 5.73 Å². The van der Waals surface area contributed by atoms with Crippen LogP contribution in [0.1, 0.15) is 11.3 Å². The van der Waals surface area contributed by atoms with E-state index in [0.29, 0.717) is 6.54 Å². The molecule has 18 heavy (non-hydrogen) atoms. The van der Waals surface area contributed by atoms with E-state index in [0.717, 1.165) is 22.6 Å². The van der Waals surface area contributed by atoms with Crippen LogP contribution in [0.3, 0.4) is 0 Å². The summed E-state index contributed by atoms with van der Waals surface area (Å²) in [6, 6.07) is 10.2. The lowest BCUT2D eigenvalue weighted by atomic mass is 10.1. The number of imidazole rings is 1. The van der Waals surface area contributed by atoms with Gasteiger partial charge in [0.05, 0.1) is 11.4 Å². The molecule has 0 atom stereocenters. The van der Waals surface area contributed by atoms with Crippen LogP contribution >= 0.6 is 0 Å². The lowest BCUT2D eigenvalue weighted by molar-refractivity contribution is 1.01. The fraction of sp³-hybridized carbons (Fsp3) is 0.143. The molecule has 4 nitrogen and oxygen atoms in total. The van der Waals surface area contributed by atoms with Crippen molar-refractivity contribution in [2.24, 2.45) is 5.73 Å². The second-order valence-corrected chi connectivity index (χ2v) is 4.29. The zero-order valence-corrected chi connectivity index (χ0v) is 10.2. The smallest absolute Gasteiger partial charge is 0.140 e. The summed E-state index contributed by atoms with van der Waals surface area (Å²) in [6.45, 7) is 2.53. The topological polar surface area (TPSA) is 56.2 Å². The maximum absolute atomic E-state index is 5.59. The van der Waals surface area contributed by atoms with Gasteiger partial charge in [0.1, 0.15) is 12.0 Å². The van der Waals surface area contributed by atoms with Crippen molar-refractivity contribution < 1.29 is 0 Å². The van der Waals surface area contributed by atoms with Crippen molar-refractivity contribution in [2.45, 2.75) is 13.5 Å². The molecule has 0 radical (unpaired) electrons. The zero-order chi connectivity index (χ0) is 12.5. The lowest BCUT2D eigenvalue weighted by Crippen LogP contribution is -1.95. The Labute approximate surface area is 105 Å². The summed E-state index contributed by atoms with van der Waals surface area (Å²) in [7, 11) is 0. The Morgan fingerprint density at radius 2 is 2.11 bits per heavy atom. The highest BCUT2D eigenvalue weighted by atomic mass is 15.0. The number of aromatic nitrogens is 3. The fourth-order valence-corrected chi connectivity index (χ4v) is 2.05. The van der Waals surface area contributed by atoms with Crippen molar-refractivity contribution in [1.29, 1.82) is 0 Å². The van der Waals surface area contributed by atoms with Crippen molar-refractivity contribution in [1.82, 2.24) is 14.4 Å². The molecule has 0 saturated carbocycles. The van der Waals surface area contributed by atoms with Gasteiger partial charge < -0.3 is 5.73 Å². The van der Waals surface area contributed by atoms with Crippen LogP contribution in [0.5, 0.6) is 0 Å². The molecule has 2 N–H and O–H groups in total. The van der Waals surface area contributed by atoms with E-state index in [1.807, 2.05) is 28.8 Å². The van der Waals surface area contributed by atoms with Crippen LogP contribution in [-0.2, 0) is 6.54 Å². The molecule has 0 bridgehead atoms. The molecule has 2 heterocycles. The van der Waals surface area contributed by atoms with Gasteiger partial charge in [-0.25, -0.2) is 9.97 Å². The number of aryl methyl sites for hydroxylation is 1. The van der Waals surface area contributed by atoms with Crippen LogP contribution in [0.4, 0.5) is 0 Å².